The van der Waals surface area contributed by atoms with Crippen molar-refractivity contribution >= 4 is 43.3 Å². The minimum absolute atomic E-state index is 0.142. The summed E-state index contributed by atoms with van der Waals surface area (Å²) >= 11 is 0. The Hall–Kier alpha value is -5.92. The zero-order chi connectivity index (χ0) is 36.7. The molecule has 1 nitrogen and oxygen atoms in total. The molecule has 0 aliphatic rings. The first kappa shape index (κ1) is 18.7. The molecule has 0 saturated heterocycles. The van der Waals surface area contributed by atoms with E-state index in [1.807, 2.05) is 97.1 Å². The summed E-state index contributed by atoms with van der Waals surface area (Å²) in [5.74, 6) is 0.414. The van der Waals surface area contributed by atoms with Crippen molar-refractivity contribution in [2.45, 2.75) is 0 Å². The van der Waals surface area contributed by atoms with Crippen molar-refractivity contribution in [3.05, 3.63) is 170 Å². The Morgan fingerprint density at radius 2 is 0.978 bits per heavy atom. The summed E-state index contributed by atoms with van der Waals surface area (Å²) in [5.41, 5.74) is 4.71. The highest BCUT2D eigenvalue weighted by Crippen LogP contribution is 2.50. The summed E-state index contributed by atoms with van der Waals surface area (Å²) < 4.78 is 79.9. The van der Waals surface area contributed by atoms with E-state index in [1.54, 1.807) is 24.3 Å². The summed E-state index contributed by atoms with van der Waals surface area (Å²) in [6.45, 7) is 0. The molecule has 0 radical (unpaired) electrons. The van der Waals surface area contributed by atoms with Crippen LogP contribution in [0.15, 0.2) is 174 Å². The second-order valence-electron chi connectivity index (χ2n) is 11.0. The molecule has 9 rings (SSSR count). The van der Waals surface area contributed by atoms with E-state index in [0.717, 1.165) is 27.5 Å². The van der Waals surface area contributed by atoms with Crippen LogP contribution in [0.2, 0.25) is 0 Å². The smallest absolute Gasteiger partial charge is 0.143 e. The zero-order valence-electron chi connectivity index (χ0n) is 32.0. The van der Waals surface area contributed by atoms with Gasteiger partial charge in [0.25, 0.3) is 0 Å². The number of fused-ring (bicyclic) bond motifs is 4. The van der Waals surface area contributed by atoms with Gasteiger partial charge in [0.05, 0.1) is 11.0 Å². The number of furan rings is 1. The van der Waals surface area contributed by atoms with Crippen molar-refractivity contribution < 1.29 is 15.4 Å². The lowest BCUT2D eigenvalue weighted by molar-refractivity contribution is 0.633. The van der Waals surface area contributed by atoms with Gasteiger partial charge < -0.3 is 4.42 Å². The van der Waals surface area contributed by atoms with Crippen LogP contribution in [0.1, 0.15) is 11.0 Å². The van der Waals surface area contributed by atoms with Gasteiger partial charge >= 0.3 is 0 Å². The van der Waals surface area contributed by atoms with Gasteiger partial charge in [-0.05, 0) is 66.7 Å². The standard InChI is InChI=1S/C44H28O/c1-3-14-29(15-4-1)32-26-27-39-40(28-32)45-44(38-25-13-19-30-16-7-8-20-33(30)38)43(39)42-36-23-11-9-21-34(36)41(31-17-5-2-6-18-31)35-22-10-12-24-37(35)42/h1-28H/i9D,10D,11D,12D,21D,22D,23D,24D. The maximum Gasteiger partial charge on any atom is 0.143 e. The van der Waals surface area contributed by atoms with E-state index in [4.69, 9.17) is 9.90 Å². The van der Waals surface area contributed by atoms with Crippen LogP contribution in [0, 0.1) is 0 Å². The van der Waals surface area contributed by atoms with E-state index in [-0.39, 0.29) is 51.3 Å². The molecule has 1 heterocycles. The number of rotatable bonds is 4. The van der Waals surface area contributed by atoms with Crippen LogP contribution in [0.4, 0.5) is 0 Å². The molecule has 0 bridgehead atoms. The quantitative estimate of drug-likeness (QED) is 0.189. The lowest BCUT2D eigenvalue weighted by Gasteiger charge is -2.18. The average molecular weight is 581 g/mol. The Bertz CT molecular complexity index is 2890. The molecule has 210 valence electrons. The summed E-state index contributed by atoms with van der Waals surface area (Å²) in [4.78, 5) is 0. The van der Waals surface area contributed by atoms with Crippen LogP contribution in [0.5, 0.6) is 0 Å². The topological polar surface area (TPSA) is 13.1 Å². The Labute approximate surface area is 272 Å². The van der Waals surface area contributed by atoms with E-state index in [0.29, 0.717) is 33.4 Å². The summed E-state index contributed by atoms with van der Waals surface area (Å²) in [6.07, 6.45) is 0. The summed E-state index contributed by atoms with van der Waals surface area (Å²) in [7, 11) is 0. The lowest BCUT2D eigenvalue weighted by atomic mass is 9.84. The molecular formula is C44H28O. The molecule has 0 unspecified atom stereocenters. The number of hydrogen-bond donors (Lipinski definition) is 0. The fourth-order valence-electron chi connectivity index (χ4n) is 6.54. The van der Waals surface area contributed by atoms with E-state index in [2.05, 4.69) is 0 Å². The van der Waals surface area contributed by atoms with Gasteiger partial charge in [0, 0.05) is 22.1 Å². The third-order valence-corrected chi connectivity index (χ3v) is 8.52. The van der Waals surface area contributed by atoms with Crippen molar-refractivity contribution in [2.75, 3.05) is 0 Å². The monoisotopic (exact) mass is 580 g/mol. The van der Waals surface area contributed by atoms with E-state index >= 15 is 0 Å². The number of hydrogen-bond acceptors (Lipinski definition) is 1. The molecule has 0 atom stereocenters. The van der Waals surface area contributed by atoms with Gasteiger partial charge in [0.15, 0.2) is 0 Å². The van der Waals surface area contributed by atoms with Crippen LogP contribution in [0.25, 0.3) is 88.0 Å². The fourth-order valence-corrected chi connectivity index (χ4v) is 6.54. The van der Waals surface area contributed by atoms with Gasteiger partial charge in [-0.25, -0.2) is 0 Å². The third kappa shape index (κ3) is 4.09. The predicted molar refractivity (Wildman–Crippen MR) is 190 cm³/mol. The Morgan fingerprint density at radius 3 is 1.67 bits per heavy atom. The summed E-state index contributed by atoms with van der Waals surface area (Å²) in [5, 5.41) is 3.08. The summed E-state index contributed by atoms with van der Waals surface area (Å²) in [6, 6.07) is 35.4. The molecule has 45 heavy (non-hydrogen) atoms. The molecule has 0 fully saturated rings. The Balaban J connectivity index is 1.58. The second-order valence-corrected chi connectivity index (χ2v) is 11.0. The normalized spacial score (nSPS) is 14.0. The van der Waals surface area contributed by atoms with Crippen LogP contribution in [-0.4, -0.2) is 0 Å². The number of benzene rings is 8. The van der Waals surface area contributed by atoms with Gasteiger partial charge in [0.1, 0.15) is 11.3 Å². The molecule has 8 aromatic carbocycles. The molecule has 0 aliphatic carbocycles. The van der Waals surface area contributed by atoms with Crippen molar-refractivity contribution in [2.24, 2.45) is 0 Å². The largest absolute Gasteiger partial charge is 0.455 e. The molecule has 9 aromatic rings. The van der Waals surface area contributed by atoms with E-state index in [1.165, 1.54) is 0 Å². The first-order valence-corrected chi connectivity index (χ1v) is 14.8. The fraction of sp³-hybridized carbons (Fsp3) is 0. The van der Waals surface area contributed by atoms with Gasteiger partial charge in [-0.1, -0.05) is 158 Å². The van der Waals surface area contributed by atoms with Crippen LogP contribution in [-0.2, 0) is 0 Å². The van der Waals surface area contributed by atoms with E-state index < -0.39 is 24.2 Å². The van der Waals surface area contributed by atoms with Crippen LogP contribution < -0.4 is 0 Å². The molecule has 0 saturated carbocycles. The maximum atomic E-state index is 9.47. The first-order chi connectivity index (χ1) is 25.7. The molecule has 0 spiro atoms. The van der Waals surface area contributed by atoms with E-state index in [9.17, 15) is 5.48 Å². The molecule has 0 N–H and O–H groups in total. The van der Waals surface area contributed by atoms with Crippen molar-refractivity contribution in [1.82, 2.24) is 0 Å². The van der Waals surface area contributed by atoms with Crippen LogP contribution >= 0.6 is 0 Å². The molecular weight excluding hydrogens is 544 g/mol. The SMILES string of the molecule is [2H]c1c([2H])c([2H])c2c(-c3c(-c4cccc5ccccc45)oc4cc(-c5ccccc5)ccc34)c3c([2H])c([2H])c([2H])c([2H])c3c(-c3ccccc3)c2c1[2H]. The highest BCUT2D eigenvalue weighted by molar-refractivity contribution is 6.25. The van der Waals surface area contributed by atoms with Crippen molar-refractivity contribution in [3.63, 3.8) is 0 Å². The average Bonchev–Trinajstić information content (AvgIpc) is 3.58. The predicted octanol–water partition coefficient (Wildman–Crippen LogP) is 12.6. The zero-order valence-corrected chi connectivity index (χ0v) is 24.0. The second kappa shape index (κ2) is 10.4. The van der Waals surface area contributed by atoms with Crippen LogP contribution in [0.3, 0.4) is 0 Å². The molecule has 1 heteroatoms. The van der Waals surface area contributed by atoms with Gasteiger partial charge in [-0.2, -0.15) is 0 Å². The molecule has 0 amide bonds. The van der Waals surface area contributed by atoms with Crippen molar-refractivity contribution in [1.29, 1.82) is 0 Å². The Kier molecular flexibility index (Phi) is 4.30. The minimum Gasteiger partial charge on any atom is -0.455 e. The Morgan fingerprint density at radius 1 is 0.400 bits per heavy atom. The maximum absolute atomic E-state index is 9.47. The minimum atomic E-state index is -0.450. The van der Waals surface area contributed by atoms with Gasteiger partial charge in [-0.15, -0.1) is 0 Å². The first-order valence-electron chi connectivity index (χ1n) is 18.8. The lowest BCUT2D eigenvalue weighted by Crippen LogP contribution is -1.91. The highest BCUT2D eigenvalue weighted by Gasteiger charge is 2.25. The van der Waals surface area contributed by atoms with Gasteiger partial charge in [0.2, 0.25) is 0 Å². The van der Waals surface area contributed by atoms with Gasteiger partial charge in [-0.3, -0.25) is 0 Å². The molecule has 1 aromatic heterocycles. The third-order valence-electron chi connectivity index (χ3n) is 8.52. The molecule has 0 aliphatic heterocycles. The highest BCUT2D eigenvalue weighted by atomic mass is 16.3. The van der Waals surface area contributed by atoms with Crippen molar-refractivity contribution in [3.8, 4) is 44.7 Å².